The summed E-state index contributed by atoms with van der Waals surface area (Å²) >= 11 is 1.73. The molecule has 10 rings (SSSR count). The highest BCUT2D eigenvalue weighted by Gasteiger charge is 2.21. The van der Waals surface area contributed by atoms with Crippen LogP contribution in [0.15, 0.2) is 150 Å². The maximum atomic E-state index is 13.9. The maximum Gasteiger partial charge on any atom is 0.162 e. The first-order chi connectivity index (χ1) is 23.2. The summed E-state index contributed by atoms with van der Waals surface area (Å²) in [4.78, 5) is 6.27. The van der Waals surface area contributed by atoms with E-state index < -0.39 is 0 Å². The molecule has 0 N–H and O–H groups in total. The molecule has 3 heterocycles. The van der Waals surface area contributed by atoms with E-state index in [4.69, 9.17) is 9.40 Å². The van der Waals surface area contributed by atoms with Crippen molar-refractivity contribution in [2.75, 3.05) is 0 Å². The Morgan fingerprint density at radius 3 is 1.57 bits per heavy atom. The van der Waals surface area contributed by atoms with Gasteiger partial charge in [0.05, 0.1) is 0 Å². The molecule has 0 unspecified atom stereocenters. The van der Waals surface area contributed by atoms with Crippen molar-refractivity contribution in [3.8, 4) is 33.5 Å². The van der Waals surface area contributed by atoms with E-state index in [0.29, 0.717) is 0 Å². The molecule has 0 amide bonds. The predicted molar refractivity (Wildman–Crippen MR) is 196 cm³/mol. The van der Waals surface area contributed by atoms with E-state index in [1.807, 2.05) is 24.3 Å². The van der Waals surface area contributed by atoms with Gasteiger partial charge in [-0.1, -0.05) is 121 Å². The molecule has 7 aromatic carbocycles. The normalized spacial score (nSPS) is 11.9. The molecule has 0 atom stereocenters. The number of nitrogens with zero attached hydrogens (tertiary/aromatic N) is 1. The Kier molecular flexibility index (Phi) is 5.66. The topological polar surface area (TPSA) is 26.0 Å². The van der Waals surface area contributed by atoms with Gasteiger partial charge in [0.25, 0.3) is 0 Å². The SMILES string of the molecule is Fc1ccc(-c2c3ccccc3c(-c3ccc(-c4nc5sc6ccccc6c5c5c4oc4ccccc45)cc3)c3ccccc23)cc1. The van der Waals surface area contributed by atoms with E-state index in [1.54, 1.807) is 11.3 Å². The first-order valence-corrected chi connectivity index (χ1v) is 16.5. The van der Waals surface area contributed by atoms with Crippen molar-refractivity contribution in [2.24, 2.45) is 0 Å². The van der Waals surface area contributed by atoms with Crippen molar-refractivity contribution in [1.29, 1.82) is 0 Å². The third-order valence-electron chi connectivity index (χ3n) is 9.36. The number of fused-ring (bicyclic) bond motifs is 9. The van der Waals surface area contributed by atoms with E-state index in [2.05, 4.69) is 109 Å². The number of benzene rings is 7. The lowest BCUT2D eigenvalue weighted by molar-refractivity contribution is 0.628. The van der Waals surface area contributed by atoms with E-state index in [9.17, 15) is 4.39 Å². The summed E-state index contributed by atoms with van der Waals surface area (Å²) in [5.41, 5.74) is 7.95. The van der Waals surface area contributed by atoms with Crippen LogP contribution in [0.4, 0.5) is 4.39 Å². The van der Waals surface area contributed by atoms with Crippen LogP contribution in [0.5, 0.6) is 0 Å². The molecule has 0 bridgehead atoms. The fourth-order valence-electron chi connectivity index (χ4n) is 7.32. The molecular formula is C43H24FNOS. The lowest BCUT2D eigenvalue weighted by atomic mass is 9.86. The minimum absolute atomic E-state index is 0.236. The maximum absolute atomic E-state index is 13.9. The Morgan fingerprint density at radius 1 is 0.468 bits per heavy atom. The summed E-state index contributed by atoms with van der Waals surface area (Å²) in [5, 5.41) is 9.18. The van der Waals surface area contributed by atoms with Crippen molar-refractivity contribution in [2.45, 2.75) is 0 Å². The number of hydrogen-bond donors (Lipinski definition) is 0. The van der Waals surface area contributed by atoms with E-state index >= 15 is 0 Å². The van der Waals surface area contributed by atoms with Crippen LogP contribution in [0.2, 0.25) is 0 Å². The lowest BCUT2D eigenvalue weighted by Crippen LogP contribution is -1.91. The van der Waals surface area contributed by atoms with Crippen LogP contribution in [-0.4, -0.2) is 4.98 Å². The molecule has 2 nitrogen and oxygen atoms in total. The molecule has 4 heteroatoms. The van der Waals surface area contributed by atoms with E-state index in [0.717, 1.165) is 81.6 Å². The van der Waals surface area contributed by atoms with Gasteiger partial charge in [0.15, 0.2) is 5.58 Å². The Morgan fingerprint density at radius 2 is 0.957 bits per heavy atom. The van der Waals surface area contributed by atoms with Gasteiger partial charge >= 0.3 is 0 Å². The van der Waals surface area contributed by atoms with Crippen LogP contribution in [0.3, 0.4) is 0 Å². The van der Waals surface area contributed by atoms with Crippen molar-refractivity contribution >= 4 is 75.1 Å². The largest absolute Gasteiger partial charge is 0.454 e. The summed E-state index contributed by atoms with van der Waals surface area (Å²) in [6, 6.07) is 49.4. The summed E-state index contributed by atoms with van der Waals surface area (Å²) < 4.78 is 21.7. The van der Waals surface area contributed by atoms with Crippen LogP contribution in [0.1, 0.15) is 0 Å². The van der Waals surface area contributed by atoms with Crippen LogP contribution < -0.4 is 0 Å². The second-order valence-electron chi connectivity index (χ2n) is 12.0. The summed E-state index contributed by atoms with van der Waals surface area (Å²) in [6.07, 6.45) is 0. The second kappa shape index (κ2) is 10.1. The van der Waals surface area contributed by atoms with Gasteiger partial charge in [-0.05, 0) is 68.1 Å². The number of pyridine rings is 1. The average Bonchev–Trinajstić information content (AvgIpc) is 3.69. The second-order valence-corrected chi connectivity index (χ2v) is 13.0. The number of para-hydroxylation sites is 1. The highest BCUT2D eigenvalue weighted by Crippen LogP contribution is 2.46. The Hall–Kier alpha value is -5.84. The zero-order chi connectivity index (χ0) is 31.1. The summed E-state index contributed by atoms with van der Waals surface area (Å²) in [6.45, 7) is 0. The van der Waals surface area contributed by atoms with Crippen LogP contribution >= 0.6 is 11.3 Å². The molecule has 0 spiro atoms. The van der Waals surface area contributed by atoms with Gasteiger partial charge in [-0.2, -0.15) is 0 Å². The molecule has 220 valence electrons. The van der Waals surface area contributed by atoms with Gasteiger partial charge < -0.3 is 4.42 Å². The van der Waals surface area contributed by atoms with Crippen molar-refractivity contribution in [3.63, 3.8) is 0 Å². The summed E-state index contributed by atoms with van der Waals surface area (Å²) in [7, 11) is 0. The van der Waals surface area contributed by atoms with Crippen LogP contribution in [-0.2, 0) is 0 Å². The molecule has 3 aromatic heterocycles. The van der Waals surface area contributed by atoms with Gasteiger partial charge in [0, 0.05) is 31.8 Å². The molecule has 47 heavy (non-hydrogen) atoms. The third kappa shape index (κ3) is 3.92. The molecular weight excluding hydrogens is 598 g/mol. The van der Waals surface area contributed by atoms with Crippen molar-refractivity contribution in [3.05, 3.63) is 151 Å². The van der Waals surface area contributed by atoms with Crippen LogP contribution in [0.25, 0.3) is 97.3 Å². The standard InChI is InChI=1S/C43H24FNOS/c44-28-23-21-26(22-24-28)38-31-11-3-1-9-29(31)37(30-10-2-4-12-32(30)38)25-17-19-27(20-18-25)41-42-39(33-13-5-7-15-35(33)46-42)40-34-14-6-8-16-36(34)47-43(40)45-41/h1-24H. The summed E-state index contributed by atoms with van der Waals surface area (Å²) in [5.74, 6) is -0.236. The monoisotopic (exact) mass is 621 g/mol. The number of thiophene rings is 1. The molecule has 0 radical (unpaired) electrons. The third-order valence-corrected chi connectivity index (χ3v) is 10.4. The van der Waals surface area contributed by atoms with E-state index in [-0.39, 0.29) is 5.82 Å². The van der Waals surface area contributed by atoms with E-state index in [1.165, 1.54) is 27.8 Å². The molecule has 0 saturated heterocycles. The minimum Gasteiger partial charge on any atom is -0.454 e. The Bertz CT molecular complexity index is 2790. The molecule has 10 aromatic rings. The first-order valence-electron chi connectivity index (χ1n) is 15.7. The number of hydrogen-bond acceptors (Lipinski definition) is 3. The van der Waals surface area contributed by atoms with Gasteiger partial charge in [0.2, 0.25) is 0 Å². The fraction of sp³-hybridized carbons (Fsp3) is 0. The molecule has 0 aliphatic heterocycles. The van der Waals surface area contributed by atoms with Gasteiger partial charge in [0.1, 0.15) is 21.9 Å². The molecule has 0 aliphatic carbocycles. The lowest BCUT2D eigenvalue weighted by Gasteiger charge is -2.18. The minimum atomic E-state index is -0.236. The number of halogens is 1. The Labute approximate surface area is 273 Å². The number of aromatic nitrogens is 1. The van der Waals surface area contributed by atoms with Crippen LogP contribution in [0, 0.1) is 5.82 Å². The fourth-order valence-corrected chi connectivity index (χ4v) is 8.41. The highest BCUT2D eigenvalue weighted by atomic mass is 32.1. The van der Waals surface area contributed by atoms with Crippen molar-refractivity contribution in [1.82, 2.24) is 4.98 Å². The number of rotatable bonds is 3. The number of furan rings is 1. The first kappa shape index (κ1) is 26.4. The highest BCUT2D eigenvalue weighted by molar-refractivity contribution is 7.25. The Balaban J connectivity index is 1.21. The molecule has 0 saturated carbocycles. The smallest absolute Gasteiger partial charge is 0.162 e. The average molecular weight is 622 g/mol. The van der Waals surface area contributed by atoms with Gasteiger partial charge in [-0.15, -0.1) is 11.3 Å². The zero-order valence-corrected chi connectivity index (χ0v) is 25.8. The predicted octanol–water partition coefficient (Wildman–Crippen LogP) is 12.8. The van der Waals surface area contributed by atoms with Gasteiger partial charge in [-0.25, -0.2) is 9.37 Å². The zero-order valence-electron chi connectivity index (χ0n) is 25.0. The quantitative estimate of drug-likeness (QED) is 0.183. The van der Waals surface area contributed by atoms with Crippen molar-refractivity contribution < 1.29 is 8.81 Å². The molecule has 0 aliphatic rings. The molecule has 0 fully saturated rings. The van der Waals surface area contributed by atoms with Gasteiger partial charge in [-0.3, -0.25) is 0 Å².